The number of esters is 1. The lowest BCUT2D eigenvalue weighted by molar-refractivity contribution is -0.131. The molecular weight excluding hydrogens is 420 g/mol. The minimum Gasteiger partial charge on any atom is -0.424 e. The smallest absolute Gasteiger partial charge is 0.308 e. The summed E-state index contributed by atoms with van der Waals surface area (Å²) in [6, 6.07) is 4.23. The van der Waals surface area contributed by atoms with Gasteiger partial charge in [0.05, 0.1) is 8.95 Å². The first kappa shape index (κ1) is 19.0. The second kappa shape index (κ2) is 9.22. The molecule has 1 aromatic rings. The van der Waals surface area contributed by atoms with Gasteiger partial charge >= 0.3 is 5.97 Å². The van der Waals surface area contributed by atoms with Crippen molar-refractivity contribution >= 4 is 37.8 Å². The Morgan fingerprint density at radius 3 is 2.26 bits per heavy atom. The minimum absolute atomic E-state index is 0.299. The molecule has 128 valence electrons. The van der Waals surface area contributed by atoms with Gasteiger partial charge in [0.15, 0.2) is 5.75 Å². The molecule has 0 saturated heterocycles. The van der Waals surface area contributed by atoms with E-state index in [1.165, 1.54) is 63.9 Å². The fourth-order valence-electron chi connectivity index (χ4n) is 3.52. The van der Waals surface area contributed by atoms with E-state index in [4.69, 9.17) is 4.74 Å². The highest BCUT2D eigenvalue weighted by atomic mass is 79.9. The lowest BCUT2D eigenvalue weighted by atomic mass is 9.77. The van der Waals surface area contributed by atoms with E-state index < -0.39 is 0 Å². The minimum atomic E-state index is -0.299. The number of hydrogen-bond donors (Lipinski definition) is 0. The molecule has 0 aliphatic heterocycles. The molecule has 0 aromatic heterocycles. The van der Waals surface area contributed by atoms with Gasteiger partial charge in [0.2, 0.25) is 0 Å². The number of hydrogen-bond acceptors (Lipinski definition) is 2. The van der Waals surface area contributed by atoms with Crippen molar-refractivity contribution < 1.29 is 9.53 Å². The van der Waals surface area contributed by atoms with E-state index in [-0.39, 0.29) is 5.97 Å². The maximum absolute atomic E-state index is 11.2. The molecule has 0 spiro atoms. The van der Waals surface area contributed by atoms with Crippen LogP contribution < -0.4 is 4.74 Å². The molecule has 0 atom stereocenters. The van der Waals surface area contributed by atoms with Gasteiger partial charge in [0.1, 0.15) is 0 Å². The van der Waals surface area contributed by atoms with Crippen molar-refractivity contribution in [1.29, 1.82) is 0 Å². The highest BCUT2D eigenvalue weighted by molar-refractivity contribution is 9.11. The zero-order chi connectivity index (χ0) is 16.8. The molecular formula is C19H26Br2O2. The molecule has 1 aromatic carbocycles. The number of rotatable bonds is 6. The maximum atomic E-state index is 11.2. The summed E-state index contributed by atoms with van der Waals surface area (Å²) < 4.78 is 6.96. The summed E-state index contributed by atoms with van der Waals surface area (Å²) >= 11 is 7.08. The highest BCUT2D eigenvalue weighted by Crippen LogP contribution is 2.42. The van der Waals surface area contributed by atoms with E-state index in [0.29, 0.717) is 11.7 Å². The fraction of sp³-hybridized carbons (Fsp3) is 0.632. The van der Waals surface area contributed by atoms with Gasteiger partial charge in [-0.05, 0) is 87.1 Å². The topological polar surface area (TPSA) is 26.3 Å². The van der Waals surface area contributed by atoms with Crippen LogP contribution in [-0.4, -0.2) is 5.97 Å². The van der Waals surface area contributed by atoms with Crippen molar-refractivity contribution in [3.05, 3.63) is 26.6 Å². The molecule has 1 saturated carbocycles. The summed E-state index contributed by atoms with van der Waals surface area (Å²) in [4.78, 5) is 11.2. The molecule has 2 nitrogen and oxygen atoms in total. The van der Waals surface area contributed by atoms with E-state index in [9.17, 15) is 4.79 Å². The summed E-state index contributed by atoms with van der Waals surface area (Å²) in [5, 5.41) is 0. The van der Waals surface area contributed by atoms with Gasteiger partial charge in [-0.25, -0.2) is 0 Å². The molecule has 23 heavy (non-hydrogen) atoms. The van der Waals surface area contributed by atoms with E-state index in [1.807, 2.05) is 0 Å². The number of carbonyl (C=O) groups excluding carboxylic acids is 1. The molecule has 2 rings (SSSR count). The van der Waals surface area contributed by atoms with Crippen LogP contribution >= 0.6 is 31.9 Å². The van der Waals surface area contributed by atoms with Gasteiger partial charge in [0, 0.05) is 6.92 Å². The SMILES string of the molecule is CCCCCC1CCC(c2cc(Br)c(OC(C)=O)c(Br)c2)CC1. The molecule has 0 unspecified atom stereocenters. The highest BCUT2D eigenvalue weighted by Gasteiger charge is 2.23. The summed E-state index contributed by atoms with van der Waals surface area (Å²) in [6.07, 6.45) is 10.7. The summed E-state index contributed by atoms with van der Waals surface area (Å²) in [5.74, 6) is 1.82. The molecule has 4 heteroatoms. The predicted molar refractivity (Wildman–Crippen MR) is 102 cm³/mol. The molecule has 0 bridgehead atoms. The molecule has 1 aliphatic rings. The van der Waals surface area contributed by atoms with Crippen LogP contribution in [0.3, 0.4) is 0 Å². The lowest BCUT2D eigenvalue weighted by Gasteiger charge is -2.29. The first-order valence-corrected chi connectivity index (χ1v) is 10.3. The Morgan fingerprint density at radius 2 is 1.74 bits per heavy atom. The molecule has 0 radical (unpaired) electrons. The Labute approximate surface area is 156 Å². The van der Waals surface area contributed by atoms with Crippen LogP contribution in [-0.2, 0) is 4.79 Å². The average molecular weight is 446 g/mol. The number of unbranched alkanes of at least 4 members (excludes halogenated alkanes) is 2. The number of benzene rings is 1. The third kappa shape index (κ3) is 5.60. The Balaban J connectivity index is 1.97. The molecule has 0 amide bonds. The van der Waals surface area contributed by atoms with Gasteiger partial charge < -0.3 is 4.74 Å². The van der Waals surface area contributed by atoms with Crippen LogP contribution in [0.2, 0.25) is 0 Å². The number of carbonyl (C=O) groups is 1. The van der Waals surface area contributed by atoms with Crippen LogP contribution in [0.4, 0.5) is 0 Å². The molecule has 1 aliphatic carbocycles. The van der Waals surface area contributed by atoms with Gasteiger partial charge in [0.25, 0.3) is 0 Å². The summed E-state index contributed by atoms with van der Waals surface area (Å²) in [6.45, 7) is 3.69. The Kier molecular flexibility index (Phi) is 7.61. The second-order valence-corrected chi connectivity index (χ2v) is 8.33. The molecule has 0 N–H and O–H groups in total. The van der Waals surface area contributed by atoms with E-state index in [2.05, 4.69) is 50.9 Å². The first-order chi connectivity index (χ1) is 11.0. The largest absolute Gasteiger partial charge is 0.424 e. The monoisotopic (exact) mass is 444 g/mol. The van der Waals surface area contributed by atoms with Crippen molar-refractivity contribution in [2.75, 3.05) is 0 Å². The van der Waals surface area contributed by atoms with Crippen LogP contribution in [0.1, 0.15) is 76.7 Å². The van der Waals surface area contributed by atoms with Crippen LogP contribution in [0, 0.1) is 5.92 Å². The van der Waals surface area contributed by atoms with Gasteiger partial charge in [-0.3, -0.25) is 4.79 Å². The molecule has 0 heterocycles. The average Bonchev–Trinajstić information content (AvgIpc) is 2.51. The van der Waals surface area contributed by atoms with Crippen molar-refractivity contribution in [2.24, 2.45) is 5.92 Å². The number of ether oxygens (including phenoxy) is 1. The van der Waals surface area contributed by atoms with Gasteiger partial charge in [-0.1, -0.05) is 32.6 Å². The van der Waals surface area contributed by atoms with Crippen molar-refractivity contribution in [3.63, 3.8) is 0 Å². The third-order valence-electron chi connectivity index (χ3n) is 4.80. The Morgan fingerprint density at radius 1 is 1.13 bits per heavy atom. The quantitative estimate of drug-likeness (QED) is 0.268. The number of halogens is 2. The lowest BCUT2D eigenvalue weighted by Crippen LogP contribution is -2.13. The Bertz CT molecular complexity index is 511. The normalized spacial score (nSPS) is 21.2. The molecule has 1 fully saturated rings. The zero-order valence-electron chi connectivity index (χ0n) is 14.0. The van der Waals surface area contributed by atoms with Gasteiger partial charge in [-0.15, -0.1) is 0 Å². The Hall–Kier alpha value is -0.350. The maximum Gasteiger partial charge on any atom is 0.308 e. The van der Waals surface area contributed by atoms with E-state index in [1.54, 1.807) is 0 Å². The standard InChI is InChI=1S/C19H26Br2O2/c1-3-4-5-6-14-7-9-15(10-8-14)16-11-17(20)19(18(21)12-16)23-13(2)22/h11-12,14-15H,3-10H2,1-2H3. The fourth-order valence-corrected chi connectivity index (χ4v) is 4.91. The summed E-state index contributed by atoms with van der Waals surface area (Å²) in [7, 11) is 0. The van der Waals surface area contributed by atoms with Crippen LogP contribution in [0.25, 0.3) is 0 Å². The van der Waals surface area contributed by atoms with Crippen molar-refractivity contribution in [2.45, 2.75) is 71.1 Å². The first-order valence-electron chi connectivity index (χ1n) is 8.68. The third-order valence-corrected chi connectivity index (χ3v) is 5.98. The summed E-state index contributed by atoms with van der Waals surface area (Å²) in [5.41, 5.74) is 1.34. The second-order valence-electron chi connectivity index (χ2n) is 6.62. The zero-order valence-corrected chi connectivity index (χ0v) is 17.2. The predicted octanol–water partition coefficient (Wildman–Crippen LogP) is 6.99. The van der Waals surface area contributed by atoms with Crippen LogP contribution in [0.5, 0.6) is 5.75 Å². The van der Waals surface area contributed by atoms with Crippen molar-refractivity contribution in [3.8, 4) is 5.75 Å². The van der Waals surface area contributed by atoms with E-state index >= 15 is 0 Å². The van der Waals surface area contributed by atoms with Gasteiger partial charge in [-0.2, -0.15) is 0 Å². The van der Waals surface area contributed by atoms with E-state index in [0.717, 1.165) is 14.9 Å². The van der Waals surface area contributed by atoms with Crippen molar-refractivity contribution in [1.82, 2.24) is 0 Å². The van der Waals surface area contributed by atoms with Crippen LogP contribution in [0.15, 0.2) is 21.1 Å².